The van der Waals surface area contributed by atoms with Gasteiger partial charge in [0.25, 0.3) is 0 Å². The first-order chi connectivity index (χ1) is 10.3. The molecule has 6 nitrogen and oxygen atoms in total. The zero-order valence-corrected chi connectivity index (χ0v) is 14.6. The van der Waals surface area contributed by atoms with Gasteiger partial charge < -0.3 is 5.32 Å². The molecule has 1 aromatic heterocycles. The van der Waals surface area contributed by atoms with Crippen LogP contribution in [0.2, 0.25) is 10.0 Å². The molecular formula is C13H15Cl2N5OS. The minimum Gasteiger partial charge on any atom is -0.324 e. The molecule has 0 aliphatic carbocycles. The Morgan fingerprint density at radius 3 is 2.73 bits per heavy atom. The molecule has 0 spiro atoms. The molecule has 22 heavy (non-hydrogen) atoms. The number of anilines is 1. The van der Waals surface area contributed by atoms with Gasteiger partial charge in [-0.25, -0.2) is 4.68 Å². The van der Waals surface area contributed by atoms with E-state index >= 15 is 0 Å². The molecule has 0 radical (unpaired) electrons. The summed E-state index contributed by atoms with van der Waals surface area (Å²) in [4.78, 5) is 12.0. The molecule has 1 amide bonds. The van der Waals surface area contributed by atoms with Crippen molar-refractivity contribution in [2.75, 3.05) is 11.1 Å². The molecule has 0 fully saturated rings. The van der Waals surface area contributed by atoms with E-state index in [1.165, 1.54) is 11.8 Å². The molecule has 1 aromatic carbocycles. The van der Waals surface area contributed by atoms with Gasteiger partial charge in [0.15, 0.2) is 0 Å². The molecule has 2 aromatic rings. The fraction of sp³-hybridized carbons (Fsp3) is 0.385. The third-order valence-electron chi connectivity index (χ3n) is 2.61. The zero-order valence-electron chi connectivity index (χ0n) is 12.3. The SMILES string of the molecule is CC(C)(C)n1nnnc1SCC(=O)Nc1ccc(Cl)cc1Cl. The summed E-state index contributed by atoms with van der Waals surface area (Å²) in [7, 11) is 0. The fourth-order valence-electron chi connectivity index (χ4n) is 1.60. The Kier molecular flexibility index (Phi) is 5.31. The highest BCUT2D eigenvalue weighted by Gasteiger charge is 2.20. The topological polar surface area (TPSA) is 72.7 Å². The van der Waals surface area contributed by atoms with E-state index < -0.39 is 0 Å². The van der Waals surface area contributed by atoms with E-state index in [1.807, 2.05) is 20.8 Å². The van der Waals surface area contributed by atoms with Gasteiger partial charge in [-0.2, -0.15) is 0 Å². The second-order valence-corrected chi connectivity index (χ2v) is 7.29. The number of nitrogens with one attached hydrogen (secondary N) is 1. The molecule has 0 atom stereocenters. The van der Waals surface area contributed by atoms with Crippen molar-refractivity contribution in [3.05, 3.63) is 28.2 Å². The predicted molar refractivity (Wildman–Crippen MR) is 88.6 cm³/mol. The van der Waals surface area contributed by atoms with E-state index in [4.69, 9.17) is 23.2 Å². The second-order valence-electron chi connectivity index (χ2n) is 5.51. The van der Waals surface area contributed by atoms with Crippen LogP contribution in [0.25, 0.3) is 0 Å². The maximum atomic E-state index is 12.0. The first-order valence-corrected chi connectivity index (χ1v) is 8.18. The monoisotopic (exact) mass is 359 g/mol. The number of carbonyl (C=O) groups is 1. The van der Waals surface area contributed by atoms with E-state index in [2.05, 4.69) is 20.8 Å². The summed E-state index contributed by atoms with van der Waals surface area (Å²) < 4.78 is 1.68. The number of benzene rings is 1. The standard InChI is InChI=1S/C13H15Cl2N5OS/c1-13(2,3)20-12(17-18-19-20)22-7-11(21)16-10-5-4-8(14)6-9(10)15/h4-6H,7H2,1-3H3,(H,16,21). The summed E-state index contributed by atoms with van der Waals surface area (Å²) in [6, 6.07) is 4.90. The molecule has 118 valence electrons. The Morgan fingerprint density at radius 1 is 1.36 bits per heavy atom. The first kappa shape index (κ1) is 17.1. The summed E-state index contributed by atoms with van der Waals surface area (Å²) in [5, 5.41) is 15.7. The third kappa shape index (κ3) is 4.34. The number of rotatable bonds is 4. The van der Waals surface area contributed by atoms with Crippen molar-refractivity contribution in [3.8, 4) is 0 Å². The molecule has 0 saturated heterocycles. The van der Waals surface area contributed by atoms with Crippen LogP contribution in [-0.2, 0) is 10.3 Å². The summed E-state index contributed by atoms with van der Waals surface area (Å²) in [5.74, 6) is -0.0206. The highest BCUT2D eigenvalue weighted by molar-refractivity contribution is 7.99. The Labute approximate surface area is 142 Å². The van der Waals surface area contributed by atoms with E-state index in [9.17, 15) is 4.79 Å². The molecule has 1 N–H and O–H groups in total. The molecule has 1 heterocycles. The molecule has 9 heteroatoms. The van der Waals surface area contributed by atoms with Crippen LogP contribution in [-0.4, -0.2) is 31.9 Å². The Bertz CT molecular complexity index is 683. The zero-order chi connectivity index (χ0) is 16.3. The lowest BCUT2D eigenvalue weighted by molar-refractivity contribution is -0.113. The number of aromatic nitrogens is 4. The largest absolute Gasteiger partial charge is 0.324 e. The number of halogens is 2. The van der Waals surface area contributed by atoms with E-state index in [1.54, 1.807) is 22.9 Å². The van der Waals surface area contributed by atoms with Crippen molar-refractivity contribution in [2.45, 2.75) is 31.5 Å². The predicted octanol–water partition coefficient (Wildman–Crippen LogP) is 3.47. The first-order valence-electron chi connectivity index (χ1n) is 6.44. The van der Waals surface area contributed by atoms with Crippen molar-refractivity contribution < 1.29 is 4.79 Å². The molecule has 0 bridgehead atoms. The van der Waals surface area contributed by atoms with Gasteiger partial charge in [0.2, 0.25) is 11.1 Å². The van der Waals surface area contributed by atoms with Crippen LogP contribution in [0.3, 0.4) is 0 Å². The van der Waals surface area contributed by atoms with Gasteiger partial charge in [-0.15, -0.1) is 5.10 Å². The normalized spacial score (nSPS) is 11.5. The minimum absolute atomic E-state index is 0.176. The quantitative estimate of drug-likeness (QED) is 0.846. The lowest BCUT2D eigenvalue weighted by Gasteiger charge is -2.19. The summed E-state index contributed by atoms with van der Waals surface area (Å²) in [5.41, 5.74) is 0.272. The highest BCUT2D eigenvalue weighted by atomic mass is 35.5. The number of hydrogen-bond acceptors (Lipinski definition) is 5. The van der Waals surface area contributed by atoms with E-state index in [-0.39, 0.29) is 17.2 Å². The third-order valence-corrected chi connectivity index (χ3v) is 4.08. The average molecular weight is 360 g/mol. The van der Waals surface area contributed by atoms with Gasteiger partial charge >= 0.3 is 0 Å². The Hall–Kier alpha value is -1.31. The van der Waals surface area contributed by atoms with E-state index in [0.29, 0.717) is 20.9 Å². The van der Waals surface area contributed by atoms with Crippen molar-refractivity contribution in [1.29, 1.82) is 0 Å². The number of tetrazole rings is 1. The molecule has 0 aliphatic heterocycles. The average Bonchev–Trinajstić information content (AvgIpc) is 2.88. The summed E-state index contributed by atoms with van der Waals surface area (Å²) in [6.07, 6.45) is 0. The van der Waals surface area contributed by atoms with Gasteiger partial charge in [0, 0.05) is 5.02 Å². The fourth-order valence-corrected chi connectivity index (χ4v) is 2.91. The maximum Gasteiger partial charge on any atom is 0.234 e. The van der Waals surface area contributed by atoms with Crippen LogP contribution in [0.5, 0.6) is 0 Å². The van der Waals surface area contributed by atoms with Crippen LogP contribution >= 0.6 is 35.0 Å². The smallest absolute Gasteiger partial charge is 0.234 e. The maximum absolute atomic E-state index is 12.0. The van der Waals surface area contributed by atoms with Crippen LogP contribution in [0, 0.1) is 0 Å². The van der Waals surface area contributed by atoms with Crippen molar-refractivity contribution in [3.63, 3.8) is 0 Å². The Balaban J connectivity index is 1.98. The molecular weight excluding hydrogens is 345 g/mol. The van der Waals surface area contributed by atoms with Gasteiger partial charge in [0.05, 0.1) is 22.0 Å². The lowest BCUT2D eigenvalue weighted by atomic mass is 10.1. The van der Waals surface area contributed by atoms with Crippen molar-refractivity contribution >= 4 is 46.6 Å². The summed E-state index contributed by atoms with van der Waals surface area (Å²) >= 11 is 13.1. The molecule has 2 rings (SSSR count). The number of thioether (sulfide) groups is 1. The van der Waals surface area contributed by atoms with Crippen molar-refractivity contribution in [2.24, 2.45) is 0 Å². The van der Waals surface area contributed by atoms with Gasteiger partial charge in [-0.1, -0.05) is 35.0 Å². The van der Waals surface area contributed by atoms with Crippen LogP contribution in [0.4, 0.5) is 5.69 Å². The van der Waals surface area contributed by atoms with E-state index in [0.717, 1.165) is 0 Å². The highest BCUT2D eigenvalue weighted by Crippen LogP contribution is 2.26. The van der Waals surface area contributed by atoms with Crippen LogP contribution in [0.15, 0.2) is 23.4 Å². The lowest BCUT2D eigenvalue weighted by Crippen LogP contribution is -2.24. The molecule has 0 unspecified atom stereocenters. The van der Waals surface area contributed by atoms with Crippen molar-refractivity contribution in [1.82, 2.24) is 20.2 Å². The molecule has 0 saturated carbocycles. The van der Waals surface area contributed by atoms with Gasteiger partial charge in [-0.05, 0) is 49.4 Å². The number of nitrogens with zero attached hydrogens (tertiary/aromatic N) is 4. The Morgan fingerprint density at radius 2 is 2.09 bits per heavy atom. The number of carbonyl (C=O) groups excluding carboxylic acids is 1. The summed E-state index contributed by atoms with van der Waals surface area (Å²) in [6.45, 7) is 5.96. The number of hydrogen-bond donors (Lipinski definition) is 1. The van der Waals surface area contributed by atoms with Gasteiger partial charge in [-0.3, -0.25) is 4.79 Å². The van der Waals surface area contributed by atoms with Gasteiger partial charge in [0.1, 0.15) is 0 Å². The minimum atomic E-state index is -0.248. The van der Waals surface area contributed by atoms with Crippen LogP contribution in [0.1, 0.15) is 20.8 Å². The molecule has 0 aliphatic rings. The second kappa shape index (κ2) is 6.85. The van der Waals surface area contributed by atoms with Crippen LogP contribution < -0.4 is 5.32 Å². The number of amides is 1.